The molecule has 2 rings (SSSR count). The molecule has 3 amide bonds. The summed E-state index contributed by atoms with van der Waals surface area (Å²) in [5.41, 5.74) is 8.55. The Labute approximate surface area is 149 Å². The van der Waals surface area contributed by atoms with Gasteiger partial charge in [0.1, 0.15) is 5.75 Å². The van der Waals surface area contributed by atoms with E-state index in [1.807, 2.05) is 0 Å². The molecule has 2 aromatic rings. The third-order valence-electron chi connectivity index (χ3n) is 3.02. The molecular weight excluding hydrogens is 338 g/mol. The molecule has 0 spiro atoms. The summed E-state index contributed by atoms with van der Waals surface area (Å²) in [7, 11) is 0. The van der Waals surface area contributed by atoms with Crippen LogP contribution in [0.4, 0.5) is 0 Å². The lowest BCUT2D eigenvalue weighted by Crippen LogP contribution is -2.37. The number of rotatable bonds is 7. The van der Waals surface area contributed by atoms with Gasteiger partial charge in [-0.1, -0.05) is 6.07 Å². The number of benzene rings is 1. The van der Waals surface area contributed by atoms with E-state index >= 15 is 0 Å². The maximum absolute atomic E-state index is 11.7. The number of ether oxygens (including phenoxy) is 1. The van der Waals surface area contributed by atoms with Crippen LogP contribution in [0.2, 0.25) is 0 Å². The Hall–Kier alpha value is -3.75. The first-order valence-corrected chi connectivity index (χ1v) is 7.56. The van der Waals surface area contributed by atoms with E-state index in [1.165, 1.54) is 6.21 Å². The van der Waals surface area contributed by atoms with E-state index in [9.17, 15) is 14.4 Å². The molecular formula is C17H17N5O4. The average molecular weight is 355 g/mol. The molecule has 1 aromatic heterocycles. The number of nitrogens with zero attached hydrogens (tertiary/aromatic N) is 2. The van der Waals surface area contributed by atoms with Crippen LogP contribution in [0.3, 0.4) is 0 Å². The highest BCUT2D eigenvalue weighted by Gasteiger charge is 2.11. The molecule has 0 fully saturated rings. The predicted octanol–water partition coefficient (Wildman–Crippen LogP) is -0.288. The number of hydrogen-bond acceptors (Lipinski definition) is 6. The number of hydrogen-bond donors (Lipinski definition) is 3. The molecule has 26 heavy (non-hydrogen) atoms. The first-order chi connectivity index (χ1) is 12.5. The van der Waals surface area contributed by atoms with Gasteiger partial charge in [0.15, 0.2) is 6.61 Å². The summed E-state index contributed by atoms with van der Waals surface area (Å²) in [6.45, 7) is -0.0196. The molecule has 0 radical (unpaired) electrons. The van der Waals surface area contributed by atoms with Crippen LogP contribution in [0, 0.1) is 0 Å². The largest absolute Gasteiger partial charge is 0.484 e. The van der Waals surface area contributed by atoms with Crippen LogP contribution in [0.25, 0.3) is 0 Å². The highest BCUT2D eigenvalue weighted by Crippen LogP contribution is 2.10. The molecule has 1 heterocycles. The van der Waals surface area contributed by atoms with Crippen molar-refractivity contribution >= 4 is 23.9 Å². The fraction of sp³-hybridized carbons (Fsp3) is 0.118. The Morgan fingerprint density at radius 1 is 1.15 bits per heavy atom. The average Bonchev–Trinajstić information content (AvgIpc) is 2.66. The molecule has 9 heteroatoms. The minimum absolute atomic E-state index is 0.191. The molecule has 0 bridgehead atoms. The van der Waals surface area contributed by atoms with Gasteiger partial charge in [0.25, 0.3) is 5.91 Å². The Kier molecular flexibility index (Phi) is 6.81. The standard InChI is InChI=1S/C17H17N5O4/c18-15(23)11-26-14-5-3-12(4-6-14)10-21-22-17(25)16(24)20-9-13-2-1-7-19-8-13/h1-8,10H,9,11H2,(H2,18,23)(H,20,24)(H,22,25). The quantitative estimate of drug-likeness (QED) is 0.356. The van der Waals surface area contributed by atoms with Crippen molar-refractivity contribution in [3.8, 4) is 5.75 Å². The Morgan fingerprint density at radius 3 is 2.58 bits per heavy atom. The molecule has 0 aliphatic heterocycles. The molecule has 0 saturated carbocycles. The number of hydrazone groups is 1. The lowest BCUT2D eigenvalue weighted by molar-refractivity contribution is -0.139. The number of pyridine rings is 1. The zero-order valence-corrected chi connectivity index (χ0v) is 13.7. The number of carbonyl (C=O) groups excluding carboxylic acids is 3. The smallest absolute Gasteiger partial charge is 0.329 e. The van der Waals surface area contributed by atoms with Gasteiger partial charge in [-0.05, 0) is 41.5 Å². The van der Waals surface area contributed by atoms with Crippen LogP contribution < -0.4 is 21.2 Å². The number of nitrogens with one attached hydrogen (secondary N) is 2. The zero-order chi connectivity index (χ0) is 18.8. The zero-order valence-electron chi connectivity index (χ0n) is 13.7. The number of aromatic nitrogens is 1. The number of amides is 3. The third-order valence-corrected chi connectivity index (χ3v) is 3.02. The SMILES string of the molecule is NC(=O)COc1ccc(C=NNC(=O)C(=O)NCc2cccnc2)cc1. The second kappa shape index (κ2) is 9.52. The molecule has 1 aromatic carbocycles. The monoisotopic (exact) mass is 355 g/mol. The van der Waals surface area contributed by atoms with Crippen LogP contribution in [-0.4, -0.2) is 35.5 Å². The van der Waals surface area contributed by atoms with Crippen LogP contribution in [0.15, 0.2) is 53.9 Å². The minimum Gasteiger partial charge on any atom is -0.484 e. The van der Waals surface area contributed by atoms with Gasteiger partial charge in [0.2, 0.25) is 0 Å². The van der Waals surface area contributed by atoms with Crippen molar-refractivity contribution in [2.24, 2.45) is 10.8 Å². The number of carbonyl (C=O) groups is 3. The van der Waals surface area contributed by atoms with Crippen molar-refractivity contribution in [1.29, 1.82) is 0 Å². The van der Waals surface area contributed by atoms with E-state index in [2.05, 4.69) is 20.8 Å². The summed E-state index contributed by atoms with van der Waals surface area (Å²) in [5, 5.41) is 6.17. The van der Waals surface area contributed by atoms with E-state index in [0.717, 1.165) is 5.56 Å². The topological polar surface area (TPSA) is 136 Å². The fourth-order valence-corrected chi connectivity index (χ4v) is 1.79. The van der Waals surface area contributed by atoms with Crippen molar-refractivity contribution in [3.63, 3.8) is 0 Å². The van der Waals surface area contributed by atoms with Crippen molar-refractivity contribution in [2.75, 3.05) is 6.61 Å². The van der Waals surface area contributed by atoms with Crippen LogP contribution in [-0.2, 0) is 20.9 Å². The maximum atomic E-state index is 11.7. The van der Waals surface area contributed by atoms with Gasteiger partial charge in [0.05, 0.1) is 6.21 Å². The maximum Gasteiger partial charge on any atom is 0.329 e. The molecule has 0 aliphatic rings. The normalized spacial score (nSPS) is 10.3. The predicted molar refractivity (Wildman–Crippen MR) is 93.0 cm³/mol. The summed E-state index contributed by atoms with van der Waals surface area (Å²) in [6, 6.07) is 10.1. The van der Waals surface area contributed by atoms with E-state index in [4.69, 9.17) is 10.5 Å². The summed E-state index contributed by atoms with van der Waals surface area (Å²) in [4.78, 5) is 37.8. The van der Waals surface area contributed by atoms with E-state index < -0.39 is 17.7 Å². The van der Waals surface area contributed by atoms with Gasteiger partial charge < -0.3 is 15.8 Å². The lowest BCUT2D eigenvalue weighted by Gasteiger charge is -2.04. The highest BCUT2D eigenvalue weighted by atomic mass is 16.5. The van der Waals surface area contributed by atoms with Crippen molar-refractivity contribution in [1.82, 2.24) is 15.7 Å². The van der Waals surface area contributed by atoms with E-state index in [0.29, 0.717) is 11.3 Å². The first-order valence-electron chi connectivity index (χ1n) is 7.56. The van der Waals surface area contributed by atoms with Crippen molar-refractivity contribution < 1.29 is 19.1 Å². The van der Waals surface area contributed by atoms with E-state index in [-0.39, 0.29) is 13.2 Å². The molecule has 134 valence electrons. The van der Waals surface area contributed by atoms with Gasteiger partial charge in [0, 0.05) is 18.9 Å². The highest BCUT2D eigenvalue weighted by molar-refractivity contribution is 6.35. The van der Waals surface area contributed by atoms with Crippen LogP contribution in [0.1, 0.15) is 11.1 Å². The van der Waals surface area contributed by atoms with E-state index in [1.54, 1.807) is 48.8 Å². The minimum atomic E-state index is -0.883. The van der Waals surface area contributed by atoms with Crippen molar-refractivity contribution in [2.45, 2.75) is 6.54 Å². The summed E-state index contributed by atoms with van der Waals surface area (Å²) in [6.07, 6.45) is 4.57. The fourth-order valence-electron chi connectivity index (χ4n) is 1.79. The first kappa shape index (κ1) is 18.6. The van der Waals surface area contributed by atoms with Crippen LogP contribution >= 0.6 is 0 Å². The molecule has 0 unspecified atom stereocenters. The van der Waals surface area contributed by atoms with Gasteiger partial charge in [-0.2, -0.15) is 5.10 Å². The lowest BCUT2D eigenvalue weighted by atomic mass is 10.2. The molecule has 0 saturated heterocycles. The number of nitrogens with two attached hydrogens (primary N) is 1. The second-order valence-electron chi connectivity index (χ2n) is 5.07. The van der Waals surface area contributed by atoms with Gasteiger partial charge >= 0.3 is 11.8 Å². The Bertz CT molecular complexity index is 791. The number of primary amides is 1. The Morgan fingerprint density at radius 2 is 1.92 bits per heavy atom. The molecule has 0 atom stereocenters. The Balaban J connectivity index is 1.77. The third kappa shape index (κ3) is 6.40. The summed E-state index contributed by atoms with van der Waals surface area (Å²) in [5.74, 6) is -1.78. The van der Waals surface area contributed by atoms with Gasteiger partial charge in [-0.25, -0.2) is 5.43 Å². The van der Waals surface area contributed by atoms with Crippen LogP contribution in [0.5, 0.6) is 5.75 Å². The molecule has 0 aliphatic carbocycles. The summed E-state index contributed by atoms with van der Waals surface area (Å²) >= 11 is 0. The second-order valence-corrected chi connectivity index (χ2v) is 5.07. The van der Waals surface area contributed by atoms with Gasteiger partial charge in [-0.15, -0.1) is 0 Å². The molecule has 4 N–H and O–H groups in total. The van der Waals surface area contributed by atoms with Crippen molar-refractivity contribution in [3.05, 3.63) is 59.9 Å². The summed E-state index contributed by atoms with van der Waals surface area (Å²) < 4.78 is 5.11. The molecule has 9 nitrogen and oxygen atoms in total. The van der Waals surface area contributed by atoms with Gasteiger partial charge in [-0.3, -0.25) is 19.4 Å².